The standard InChI is InChI=1S/C15H23N3O4S/c1-5-22-9(2)13-12(14(19)20)17-15(23-13)18-7-6-10(16-3)11(8-18)21-4/h10-11,16H,2,5-8H2,1,3-4H3,(H,19,20)/t10-,11+/m1/s1. The minimum Gasteiger partial charge on any atom is -0.493 e. The fourth-order valence-corrected chi connectivity index (χ4v) is 3.69. The van der Waals surface area contributed by atoms with Crippen LogP contribution < -0.4 is 10.2 Å². The monoisotopic (exact) mass is 341 g/mol. The number of nitrogens with zero attached hydrogens (tertiary/aromatic N) is 2. The quantitative estimate of drug-likeness (QED) is 0.730. The Labute approximate surface area is 139 Å². The zero-order valence-corrected chi connectivity index (χ0v) is 14.5. The van der Waals surface area contributed by atoms with Gasteiger partial charge in [0.15, 0.2) is 10.8 Å². The van der Waals surface area contributed by atoms with Gasteiger partial charge in [0.1, 0.15) is 10.6 Å². The highest BCUT2D eigenvalue weighted by molar-refractivity contribution is 7.16. The number of piperidine rings is 1. The van der Waals surface area contributed by atoms with Crippen molar-refractivity contribution in [3.05, 3.63) is 17.2 Å². The first-order valence-electron chi connectivity index (χ1n) is 7.53. The van der Waals surface area contributed by atoms with Crippen LogP contribution in [-0.4, -0.2) is 62.1 Å². The Hall–Kier alpha value is -1.64. The maximum atomic E-state index is 11.4. The van der Waals surface area contributed by atoms with Gasteiger partial charge in [0.2, 0.25) is 0 Å². The smallest absolute Gasteiger partial charge is 0.356 e. The summed E-state index contributed by atoms with van der Waals surface area (Å²) < 4.78 is 10.9. The molecule has 8 heteroatoms. The van der Waals surface area contributed by atoms with E-state index in [9.17, 15) is 9.90 Å². The minimum absolute atomic E-state index is 0.00634. The lowest BCUT2D eigenvalue weighted by Gasteiger charge is -2.37. The summed E-state index contributed by atoms with van der Waals surface area (Å²) in [5.41, 5.74) is -0.00634. The summed E-state index contributed by atoms with van der Waals surface area (Å²) in [7, 11) is 3.61. The number of hydrogen-bond donors (Lipinski definition) is 2. The van der Waals surface area contributed by atoms with Crippen LogP contribution in [0.3, 0.4) is 0 Å². The number of methoxy groups -OCH3 is 1. The number of carboxylic acids is 1. The predicted octanol–water partition coefficient (Wildman–Crippen LogP) is 1.66. The second-order valence-corrected chi connectivity index (χ2v) is 6.22. The molecule has 0 spiro atoms. The van der Waals surface area contributed by atoms with Crippen molar-refractivity contribution in [2.45, 2.75) is 25.5 Å². The number of likely N-dealkylation sites (N-methyl/N-ethyl adjacent to an activating group) is 1. The Morgan fingerprint density at radius 1 is 1.61 bits per heavy atom. The summed E-state index contributed by atoms with van der Waals surface area (Å²) in [6, 6.07) is 0.285. The molecule has 0 bridgehead atoms. The molecule has 2 rings (SSSR count). The van der Waals surface area contributed by atoms with E-state index in [1.165, 1.54) is 11.3 Å². The van der Waals surface area contributed by atoms with E-state index in [1.54, 1.807) is 7.11 Å². The first-order valence-corrected chi connectivity index (χ1v) is 8.34. The number of anilines is 1. The van der Waals surface area contributed by atoms with Crippen molar-refractivity contribution in [3.63, 3.8) is 0 Å². The van der Waals surface area contributed by atoms with Gasteiger partial charge in [-0.3, -0.25) is 0 Å². The third-order valence-electron chi connectivity index (χ3n) is 3.89. The zero-order chi connectivity index (χ0) is 17.0. The van der Waals surface area contributed by atoms with E-state index in [0.717, 1.165) is 13.0 Å². The number of aromatic carboxylic acids is 1. The van der Waals surface area contributed by atoms with Gasteiger partial charge < -0.3 is 24.8 Å². The second-order valence-electron chi connectivity index (χ2n) is 5.24. The normalized spacial score (nSPS) is 21.3. The lowest BCUT2D eigenvalue weighted by atomic mass is 10.0. The maximum absolute atomic E-state index is 11.4. The molecule has 0 saturated carbocycles. The molecule has 128 valence electrons. The SMILES string of the molecule is C=C(OCC)c1sc(N2CC[C@@H](NC)[C@@H](OC)C2)nc1C(=O)O. The van der Waals surface area contributed by atoms with Gasteiger partial charge in [0.25, 0.3) is 0 Å². The number of thiazole rings is 1. The highest BCUT2D eigenvalue weighted by atomic mass is 32.1. The van der Waals surface area contributed by atoms with E-state index >= 15 is 0 Å². The average molecular weight is 341 g/mol. The van der Waals surface area contributed by atoms with Crippen molar-refractivity contribution >= 4 is 28.2 Å². The Balaban J connectivity index is 2.25. The minimum atomic E-state index is -1.07. The Kier molecular flexibility index (Phi) is 5.97. The number of rotatable bonds is 7. The molecule has 0 unspecified atom stereocenters. The molecule has 2 atom stereocenters. The topological polar surface area (TPSA) is 83.9 Å². The van der Waals surface area contributed by atoms with Gasteiger partial charge >= 0.3 is 5.97 Å². The van der Waals surface area contributed by atoms with Crippen LogP contribution >= 0.6 is 11.3 Å². The Bertz CT molecular complexity index is 575. The molecule has 1 saturated heterocycles. The largest absolute Gasteiger partial charge is 0.493 e. The first-order chi connectivity index (χ1) is 11.0. The van der Waals surface area contributed by atoms with Gasteiger partial charge in [0.05, 0.1) is 12.7 Å². The molecular formula is C15H23N3O4S. The van der Waals surface area contributed by atoms with E-state index in [-0.39, 0.29) is 17.8 Å². The molecule has 1 aliphatic rings. The lowest BCUT2D eigenvalue weighted by molar-refractivity contribution is 0.0628. The molecule has 0 radical (unpaired) electrons. The Morgan fingerprint density at radius 3 is 2.91 bits per heavy atom. The molecule has 0 amide bonds. The molecule has 1 fully saturated rings. The summed E-state index contributed by atoms with van der Waals surface area (Å²) in [6.45, 7) is 7.52. The number of nitrogens with one attached hydrogen (secondary N) is 1. The third-order valence-corrected chi connectivity index (χ3v) is 5.05. The number of carbonyl (C=O) groups is 1. The second kappa shape index (κ2) is 7.76. The van der Waals surface area contributed by atoms with Crippen LogP contribution in [0.4, 0.5) is 5.13 Å². The number of ether oxygens (including phenoxy) is 2. The third kappa shape index (κ3) is 3.82. The number of carboxylic acid groups (broad SMARTS) is 1. The molecule has 7 nitrogen and oxygen atoms in total. The van der Waals surface area contributed by atoms with Crippen LogP contribution in [-0.2, 0) is 9.47 Å². The summed E-state index contributed by atoms with van der Waals surface area (Å²) in [5, 5.41) is 13.3. The van der Waals surface area contributed by atoms with Crippen molar-refractivity contribution in [2.75, 3.05) is 38.8 Å². The van der Waals surface area contributed by atoms with Gasteiger partial charge in [-0.05, 0) is 20.4 Å². The van der Waals surface area contributed by atoms with Crippen molar-refractivity contribution < 1.29 is 19.4 Å². The van der Waals surface area contributed by atoms with Crippen LogP contribution in [0.2, 0.25) is 0 Å². The molecule has 1 aliphatic heterocycles. The summed E-state index contributed by atoms with van der Waals surface area (Å²) in [6.07, 6.45) is 0.933. The fraction of sp³-hybridized carbons (Fsp3) is 0.600. The van der Waals surface area contributed by atoms with Crippen molar-refractivity contribution in [3.8, 4) is 0 Å². The van der Waals surface area contributed by atoms with Crippen LogP contribution in [0.5, 0.6) is 0 Å². The van der Waals surface area contributed by atoms with Crippen LogP contribution in [0.25, 0.3) is 5.76 Å². The zero-order valence-electron chi connectivity index (χ0n) is 13.7. The highest BCUT2D eigenvalue weighted by Gasteiger charge is 2.31. The molecular weight excluding hydrogens is 318 g/mol. The Morgan fingerprint density at radius 2 is 2.35 bits per heavy atom. The van der Waals surface area contributed by atoms with Crippen LogP contribution in [0.1, 0.15) is 28.7 Å². The van der Waals surface area contributed by atoms with E-state index < -0.39 is 5.97 Å². The van der Waals surface area contributed by atoms with Gasteiger partial charge in [-0.25, -0.2) is 9.78 Å². The van der Waals surface area contributed by atoms with Crippen molar-refractivity contribution in [2.24, 2.45) is 0 Å². The van der Waals surface area contributed by atoms with Gasteiger partial charge in [-0.15, -0.1) is 0 Å². The molecule has 2 heterocycles. The maximum Gasteiger partial charge on any atom is 0.356 e. The summed E-state index contributed by atoms with van der Waals surface area (Å²) in [4.78, 5) is 18.3. The molecule has 2 N–H and O–H groups in total. The predicted molar refractivity (Wildman–Crippen MR) is 90.2 cm³/mol. The lowest BCUT2D eigenvalue weighted by Crippen LogP contribution is -2.52. The summed E-state index contributed by atoms with van der Waals surface area (Å²) in [5.74, 6) is -0.723. The van der Waals surface area contributed by atoms with E-state index in [4.69, 9.17) is 9.47 Å². The van der Waals surface area contributed by atoms with E-state index in [1.807, 2.05) is 14.0 Å². The van der Waals surface area contributed by atoms with E-state index in [2.05, 4.69) is 21.8 Å². The molecule has 0 aromatic carbocycles. The number of aromatic nitrogens is 1. The molecule has 0 aliphatic carbocycles. The van der Waals surface area contributed by atoms with Crippen LogP contribution in [0.15, 0.2) is 6.58 Å². The van der Waals surface area contributed by atoms with Crippen molar-refractivity contribution in [1.29, 1.82) is 0 Å². The summed E-state index contributed by atoms with van der Waals surface area (Å²) >= 11 is 1.30. The van der Waals surface area contributed by atoms with E-state index in [0.29, 0.717) is 28.9 Å². The molecule has 1 aromatic rings. The molecule has 1 aromatic heterocycles. The van der Waals surface area contributed by atoms with Gasteiger partial charge in [-0.1, -0.05) is 17.9 Å². The van der Waals surface area contributed by atoms with Crippen LogP contribution in [0, 0.1) is 0 Å². The first kappa shape index (κ1) is 17.7. The average Bonchev–Trinajstić information content (AvgIpc) is 3.00. The number of hydrogen-bond acceptors (Lipinski definition) is 7. The van der Waals surface area contributed by atoms with Crippen molar-refractivity contribution in [1.82, 2.24) is 10.3 Å². The fourth-order valence-electron chi connectivity index (χ4n) is 2.68. The highest BCUT2D eigenvalue weighted by Crippen LogP contribution is 2.33. The molecule has 23 heavy (non-hydrogen) atoms. The van der Waals surface area contributed by atoms with Gasteiger partial charge in [-0.2, -0.15) is 0 Å². The van der Waals surface area contributed by atoms with Gasteiger partial charge in [0, 0.05) is 26.2 Å².